The van der Waals surface area contributed by atoms with Crippen molar-refractivity contribution in [1.82, 2.24) is 4.90 Å². The first-order valence-corrected chi connectivity index (χ1v) is 12.2. The van der Waals surface area contributed by atoms with Gasteiger partial charge in [0, 0.05) is 25.8 Å². The Morgan fingerprint density at radius 3 is 2.35 bits per heavy atom. The summed E-state index contributed by atoms with van der Waals surface area (Å²) in [5.41, 5.74) is 5.27. The second kappa shape index (κ2) is 9.75. The Bertz CT molecular complexity index is 1110. The largest absolute Gasteiger partial charge is 0.507 e. The maximum atomic E-state index is 13.2. The minimum atomic E-state index is -0.627. The van der Waals surface area contributed by atoms with Gasteiger partial charge in [-0.05, 0) is 65.8 Å². The van der Waals surface area contributed by atoms with Crippen molar-refractivity contribution >= 4 is 17.4 Å². The van der Waals surface area contributed by atoms with Crippen LogP contribution in [-0.4, -0.2) is 42.0 Å². The lowest BCUT2D eigenvalue weighted by atomic mass is 9.85. The molecule has 0 aromatic heterocycles. The predicted octanol–water partition coefficient (Wildman–Crippen LogP) is 5.32. The summed E-state index contributed by atoms with van der Waals surface area (Å²) in [6.45, 7) is 7.31. The van der Waals surface area contributed by atoms with Gasteiger partial charge in [-0.25, -0.2) is 0 Å². The van der Waals surface area contributed by atoms with Gasteiger partial charge in [0.2, 0.25) is 0 Å². The van der Waals surface area contributed by atoms with E-state index >= 15 is 0 Å². The molecule has 34 heavy (non-hydrogen) atoms. The van der Waals surface area contributed by atoms with Gasteiger partial charge in [0.1, 0.15) is 5.76 Å². The molecule has 4 rings (SSSR count). The van der Waals surface area contributed by atoms with Crippen LogP contribution in [0, 0.1) is 0 Å². The molecule has 1 aliphatic carbocycles. The van der Waals surface area contributed by atoms with E-state index in [9.17, 15) is 14.7 Å². The van der Waals surface area contributed by atoms with Crippen LogP contribution < -0.4 is 0 Å². The summed E-state index contributed by atoms with van der Waals surface area (Å²) in [7, 11) is 1.62. The van der Waals surface area contributed by atoms with Gasteiger partial charge in [0.05, 0.1) is 11.6 Å². The summed E-state index contributed by atoms with van der Waals surface area (Å²) < 4.78 is 5.17. The van der Waals surface area contributed by atoms with E-state index in [0.717, 1.165) is 24.8 Å². The molecule has 1 N–H and O–H groups in total. The van der Waals surface area contributed by atoms with Gasteiger partial charge in [-0.1, -0.05) is 57.2 Å². The summed E-state index contributed by atoms with van der Waals surface area (Å²) in [6.07, 6.45) is 4.93. The van der Waals surface area contributed by atoms with E-state index in [-0.39, 0.29) is 16.7 Å². The van der Waals surface area contributed by atoms with Gasteiger partial charge >= 0.3 is 0 Å². The highest BCUT2D eigenvalue weighted by molar-refractivity contribution is 6.46. The zero-order chi connectivity index (χ0) is 24.5. The molecular weight excluding hydrogens is 426 g/mol. The third-order valence-corrected chi connectivity index (χ3v) is 7.00. The van der Waals surface area contributed by atoms with Gasteiger partial charge in [-0.15, -0.1) is 0 Å². The molecule has 2 aromatic rings. The highest BCUT2D eigenvalue weighted by atomic mass is 16.5. The minimum Gasteiger partial charge on any atom is -0.507 e. The molecule has 0 radical (unpaired) electrons. The zero-order valence-electron chi connectivity index (χ0n) is 20.7. The van der Waals surface area contributed by atoms with E-state index in [1.807, 2.05) is 42.5 Å². The number of ether oxygens (including phenoxy) is 1. The Hall–Kier alpha value is -2.92. The van der Waals surface area contributed by atoms with Crippen LogP contribution in [0.4, 0.5) is 0 Å². The molecule has 1 fully saturated rings. The Morgan fingerprint density at radius 2 is 1.71 bits per heavy atom. The van der Waals surface area contributed by atoms with Crippen molar-refractivity contribution in [3.8, 4) is 0 Å². The maximum Gasteiger partial charge on any atom is 0.295 e. The van der Waals surface area contributed by atoms with Crippen molar-refractivity contribution in [3.63, 3.8) is 0 Å². The third-order valence-electron chi connectivity index (χ3n) is 7.00. The van der Waals surface area contributed by atoms with Crippen LogP contribution in [0.25, 0.3) is 5.76 Å². The molecule has 1 amide bonds. The molecule has 0 saturated carbocycles. The molecular formula is C29H35NO4. The van der Waals surface area contributed by atoms with Crippen LogP contribution in [-0.2, 0) is 32.6 Å². The number of likely N-dealkylation sites (tertiary alicyclic amines) is 1. The number of carbonyl (C=O) groups excluding carboxylic acids is 2. The highest BCUT2D eigenvalue weighted by Gasteiger charge is 2.45. The zero-order valence-corrected chi connectivity index (χ0v) is 20.7. The molecule has 1 atom stereocenters. The highest BCUT2D eigenvalue weighted by Crippen LogP contribution is 2.40. The van der Waals surface area contributed by atoms with Crippen molar-refractivity contribution in [2.24, 2.45) is 0 Å². The number of methoxy groups -OCH3 is 1. The fraction of sp³-hybridized carbons (Fsp3) is 0.448. The maximum absolute atomic E-state index is 13.2. The number of hydrogen-bond acceptors (Lipinski definition) is 4. The molecule has 2 aromatic carbocycles. The van der Waals surface area contributed by atoms with Crippen LogP contribution >= 0.6 is 0 Å². The Kier molecular flexibility index (Phi) is 6.94. The number of hydrogen-bond donors (Lipinski definition) is 1. The lowest BCUT2D eigenvalue weighted by Crippen LogP contribution is -2.31. The summed E-state index contributed by atoms with van der Waals surface area (Å²) in [5, 5.41) is 11.4. The molecule has 1 heterocycles. The van der Waals surface area contributed by atoms with Crippen molar-refractivity contribution in [3.05, 3.63) is 75.9 Å². The molecule has 1 aliphatic heterocycles. The van der Waals surface area contributed by atoms with E-state index < -0.39 is 17.7 Å². The number of rotatable bonds is 6. The number of nitrogens with zero attached hydrogens (tertiary/aromatic N) is 1. The van der Waals surface area contributed by atoms with E-state index in [4.69, 9.17) is 4.74 Å². The van der Waals surface area contributed by atoms with Crippen molar-refractivity contribution in [2.45, 2.75) is 64.3 Å². The van der Waals surface area contributed by atoms with Crippen molar-refractivity contribution in [2.75, 3.05) is 20.3 Å². The average molecular weight is 462 g/mol. The number of ketones is 1. The SMILES string of the molecule is COCCCN1C(=O)C(=O)/C(=C(\O)c2ccc3c(c2)CCCC3)C1c1ccc(C(C)(C)C)cc1. The molecule has 5 nitrogen and oxygen atoms in total. The molecule has 180 valence electrons. The van der Waals surface area contributed by atoms with Gasteiger partial charge in [0.15, 0.2) is 0 Å². The normalized spacial score (nSPS) is 20.0. The summed E-state index contributed by atoms with van der Waals surface area (Å²) in [4.78, 5) is 27.9. The summed E-state index contributed by atoms with van der Waals surface area (Å²) >= 11 is 0. The number of benzene rings is 2. The monoisotopic (exact) mass is 461 g/mol. The molecule has 1 saturated heterocycles. The van der Waals surface area contributed by atoms with Crippen LogP contribution in [0.1, 0.15) is 73.9 Å². The summed E-state index contributed by atoms with van der Waals surface area (Å²) in [5.74, 6) is -1.29. The molecule has 1 unspecified atom stereocenters. The van der Waals surface area contributed by atoms with Crippen molar-refractivity contribution < 1.29 is 19.4 Å². The fourth-order valence-electron chi connectivity index (χ4n) is 5.04. The number of amides is 1. The van der Waals surface area contributed by atoms with E-state index in [1.54, 1.807) is 12.0 Å². The summed E-state index contributed by atoms with van der Waals surface area (Å²) in [6, 6.07) is 13.3. The van der Waals surface area contributed by atoms with Crippen LogP contribution in [0.5, 0.6) is 0 Å². The predicted molar refractivity (Wildman–Crippen MR) is 134 cm³/mol. The number of Topliss-reactive ketones (excluding diaryl/α,β-unsaturated/α-hetero) is 1. The second-order valence-corrected chi connectivity index (χ2v) is 10.4. The van der Waals surface area contributed by atoms with E-state index in [2.05, 4.69) is 20.8 Å². The van der Waals surface area contributed by atoms with Gasteiger partial charge < -0.3 is 14.7 Å². The fourth-order valence-corrected chi connectivity index (χ4v) is 5.04. The number of fused-ring (bicyclic) bond motifs is 1. The lowest BCUT2D eigenvalue weighted by molar-refractivity contribution is -0.140. The number of aryl methyl sites for hydroxylation is 2. The van der Waals surface area contributed by atoms with E-state index in [0.29, 0.717) is 25.1 Å². The first-order chi connectivity index (χ1) is 16.2. The van der Waals surface area contributed by atoms with Gasteiger partial charge in [0.25, 0.3) is 11.7 Å². The topological polar surface area (TPSA) is 66.8 Å². The number of carbonyl (C=O) groups is 2. The quantitative estimate of drug-likeness (QED) is 0.274. The Balaban J connectivity index is 1.80. The Morgan fingerprint density at radius 1 is 1.03 bits per heavy atom. The second-order valence-electron chi connectivity index (χ2n) is 10.4. The first kappa shape index (κ1) is 24.2. The lowest BCUT2D eigenvalue weighted by Gasteiger charge is -2.26. The molecule has 0 spiro atoms. The number of aliphatic hydroxyl groups is 1. The Labute approximate surface area is 202 Å². The van der Waals surface area contributed by atoms with Crippen LogP contribution in [0.2, 0.25) is 0 Å². The van der Waals surface area contributed by atoms with Crippen LogP contribution in [0.3, 0.4) is 0 Å². The van der Waals surface area contributed by atoms with Gasteiger partial charge in [-0.2, -0.15) is 0 Å². The molecule has 0 bridgehead atoms. The first-order valence-electron chi connectivity index (χ1n) is 12.2. The van der Waals surface area contributed by atoms with Gasteiger partial charge in [-0.3, -0.25) is 9.59 Å². The smallest absolute Gasteiger partial charge is 0.295 e. The van der Waals surface area contributed by atoms with Crippen LogP contribution in [0.15, 0.2) is 48.0 Å². The molecule has 2 aliphatic rings. The minimum absolute atomic E-state index is 0.0120. The average Bonchev–Trinajstić information content (AvgIpc) is 3.08. The van der Waals surface area contributed by atoms with Crippen molar-refractivity contribution in [1.29, 1.82) is 0 Å². The standard InChI is InChI=1S/C29H35NO4/c1-29(2,3)23-14-12-20(13-15-23)25-24(27(32)28(33)30(25)16-7-17-34-4)26(31)22-11-10-19-8-5-6-9-21(19)18-22/h10-15,18,25,31H,5-9,16-17H2,1-4H3/b26-24-. The van der Waals surface area contributed by atoms with E-state index in [1.165, 1.54) is 23.1 Å². The third kappa shape index (κ3) is 4.67. The number of aliphatic hydroxyl groups excluding tert-OH is 1. The molecule has 5 heteroatoms.